The number of rotatable bonds is 2. The van der Waals surface area contributed by atoms with E-state index in [1.54, 1.807) is 0 Å². The summed E-state index contributed by atoms with van der Waals surface area (Å²) in [7, 11) is 0. The zero-order valence-electron chi connectivity index (χ0n) is 12.4. The van der Waals surface area contributed by atoms with Crippen LogP contribution < -0.4 is 11.3 Å². The van der Waals surface area contributed by atoms with Crippen molar-refractivity contribution in [3.8, 4) is 5.69 Å². The van der Waals surface area contributed by atoms with Crippen molar-refractivity contribution in [3.05, 3.63) is 62.0 Å². The van der Waals surface area contributed by atoms with Crippen LogP contribution in [0.15, 0.2) is 47.3 Å². The molecule has 1 heterocycles. The quantitative estimate of drug-likeness (QED) is 0.662. The van der Waals surface area contributed by atoms with Gasteiger partial charge >= 0.3 is 0 Å². The highest BCUT2D eigenvalue weighted by Gasteiger charge is 2.15. The smallest absolute Gasteiger partial charge is 0.267 e. The first-order valence-corrected chi connectivity index (χ1v) is 8.14. The molecule has 0 radical (unpaired) electrons. The Morgan fingerprint density at radius 1 is 1.18 bits per heavy atom. The molecule has 112 valence electrons. The van der Waals surface area contributed by atoms with Gasteiger partial charge in [-0.05, 0) is 58.3 Å². The van der Waals surface area contributed by atoms with E-state index in [1.807, 2.05) is 42.5 Å². The second-order valence-corrected chi connectivity index (χ2v) is 6.73. The number of nitrogens with zero attached hydrogens (tertiary/aromatic N) is 2. The Morgan fingerprint density at radius 2 is 1.91 bits per heavy atom. The number of nitrogen functional groups attached to an aromatic ring is 1. The molecule has 1 aromatic heterocycles. The highest BCUT2D eigenvalue weighted by molar-refractivity contribution is 14.1. The van der Waals surface area contributed by atoms with Gasteiger partial charge in [-0.1, -0.05) is 32.0 Å². The number of hydrogen-bond acceptors (Lipinski definition) is 3. The topological polar surface area (TPSA) is 60.9 Å². The molecule has 22 heavy (non-hydrogen) atoms. The van der Waals surface area contributed by atoms with Gasteiger partial charge in [0.25, 0.3) is 5.56 Å². The van der Waals surface area contributed by atoms with E-state index in [0.29, 0.717) is 10.9 Å². The van der Waals surface area contributed by atoms with E-state index < -0.39 is 0 Å². The Kier molecular flexibility index (Phi) is 3.90. The predicted molar refractivity (Wildman–Crippen MR) is 98.6 cm³/mol. The van der Waals surface area contributed by atoms with Crippen LogP contribution in [0, 0.1) is 3.57 Å². The minimum atomic E-state index is -0.130. The number of hydrogen-bond donors (Lipinski definition) is 1. The highest BCUT2D eigenvalue weighted by atomic mass is 127. The van der Waals surface area contributed by atoms with Crippen molar-refractivity contribution in [2.45, 2.75) is 19.8 Å². The average molecular weight is 405 g/mol. The van der Waals surface area contributed by atoms with Crippen molar-refractivity contribution in [1.82, 2.24) is 9.55 Å². The lowest BCUT2D eigenvalue weighted by Gasteiger charge is -2.16. The minimum Gasteiger partial charge on any atom is -0.369 e. The fourth-order valence-corrected chi connectivity index (χ4v) is 3.08. The van der Waals surface area contributed by atoms with Gasteiger partial charge in [-0.2, -0.15) is 0 Å². The van der Waals surface area contributed by atoms with Gasteiger partial charge in [0.15, 0.2) is 0 Å². The van der Waals surface area contributed by atoms with Gasteiger partial charge in [-0.25, -0.2) is 9.55 Å². The van der Waals surface area contributed by atoms with Gasteiger partial charge in [0, 0.05) is 3.57 Å². The lowest BCUT2D eigenvalue weighted by atomic mass is 10.0. The van der Waals surface area contributed by atoms with Crippen molar-refractivity contribution >= 4 is 39.4 Å². The summed E-state index contributed by atoms with van der Waals surface area (Å²) in [5, 5.41) is 0.583. The Hall–Kier alpha value is -1.89. The SMILES string of the molecule is CC(C)c1ccccc1-n1c(N)nc2ccc(I)cc2c1=O. The average Bonchev–Trinajstić information content (AvgIpc) is 2.48. The Bertz CT molecular complexity index is 915. The molecular weight excluding hydrogens is 389 g/mol. The van der Waals surface area contributed by atoms with E-state index in [2.05, 4.69) is 41.4 Å². The van der Waals surface area contributed by atoms with Crippen LogP contribution in [0.1, 0.15) is 25.3 Å². The molecule has 0 fully saturated rings. The monoisotopic (exact) mass is 405 g/mol. The number of fused-ring (bicyclic) bond motifs is 1. The van der Waals surface area contributed by atoms with Gasteiger partial charge in [0.2, 0.25) is 5.95 Å². The first kappa shape index (κ1) is 15.0. The van der Waals surface area contributed by atoms with Crippen molar-refractivity contribution in [3.63, 3.8) is 0 Å². The summed E-state index contributed by atoms with van der Waals surface area (Å²) < 4.78 is 2.51. The van der Waals surface area contributed by atoms with Crippen LogP contribution in [0.4, 0.5) is 5.95 Å². The third-order valence-corrected chi connectivity index (χ3v) is 4.33. The summed E-state index contributed by atoms with van der Waals surface area (Å²) in [6.07, 6.45) is 0. The summed E-state index contributed by atoms with van der Waals surface area (Å²) in [6, 6.07) is 13.4. The third-order valence-electron chi connectivity index (χ3n) is 3.66. The number of benzene rings is 2. The number of halogens is 1. The number of para-hydroxylation sites is 1. The Morgan fingerprint density at radius 3 is 2.64 bits per heavy atom. The molecule has 0 amide bonds. The second kappa shape index (κ2) is 5.72. The normalized spacial score (nSPS) is 11.3. The van der Waals surface area contributed by atoms with Crippen molar-refractivity contribution < 1.29 is 0 Å². The molecule has 2 N–H and O–H groups in total. The van der Waals surface area contributed by atoms with Crippen LogP contribution in [0.25, 0.3) is 16.6 Å². The van der Waals surface area contributed by atoms with Gasteiger partial charge < -0.3 is 5.73 Å². The summed E-state index contributed by atoms with van der Waals surface area (Å²) >= 11 is 2.19. The van der Waals surface area contributed by atoms with E-state index in [1.165, 1.54) is 4.57 Å². The van der Waals surface area contributed by atoms with Crippen LogP contribution >= 0.6 is 22.6 Å². The molecule has 3 aromatic rings. The van der Waals surface area contributed by atoms with E-state index >= 15 is 0 Å². The molecule has 3 rings (SSSR count). The summed E-state index contributed by atoms with van der Waals surface area (Å²) in [5.41, 5.74) is 8.44. The van der Waals surface area contributed by atoms with Crippen LogP contribution in [-0.4, -0.2) is 9.55 Å². The summed E-state index contributed by atoms with van der Waals surface area (Å²) in [4.78, 5) is 17.3. The van der Waals surface area contributed by atoms with E-state index in [0.717, 1.165) is 14.8 Å². The minimum absolute atomic E-state index is 0.130. The van der Waals surface area contributed by atoms with Gasteiger partial charge in [0.05, 0.1) is 16.6 Å². The van der Waals surface area contributed by atoms with E-state index in [-0.39, 0.29) is 17.4 Å². The second-order valence-electron chi connectivity index (χ2n) is 5.49. The maximum absolute atomic E-state index is 12.9. The number of nitrogens with two attached hydrogens (primary N) is 1. The van der Waals surface area contributed by atoms with Crippen molar-refractivity contribution in [2.24, 2.45) is 0 Å². The maximum Gasteiger partial charge on any atom is 0.267 e. The van der Waals surface area contributed by atoms with Crippen LogP contribution in [0.5, 0.6) is 0 Å². The number of anilines is 1. The highest BCUT2D eigenvalue weighted by Crippen LogP contribution is 2.24. The third kappa shape index (κ3) is 2.49. The fraction of sp³-hybridized carbons (Fsp3) is 0.176. The lowest BCUT2D eigenvalue weighted by Crippen LogP contribution is -2.24. The molecule has 0 aliphatic rings. The zero-order valence-corrected chi connectivity index (χ0v) is 14.5. The molecule has 4 nitrogen and oxygen atoms in total. The first-order valence-electron chi connectivity index (χ1n) is 7.06. The van der Waals surface area contributed by atoms with Gasteiger partial charge in [-0.3, -0.25) is 4.79 Å². The molecular formula is C17H16IN3O. The van der Waals surface area contributed by atoms with Crippen molar-refractivity contribution in [1.29, 1.82) is 0 Å². The number of aromatic nitrogens is 2. The molecule has 0 unspecified atom stereocenters. The van der Waals surface area contributed by atoms with E-state index in [9.17, 15) is 4.79 Å². The molecule has 5 heteroatoms. The molecule has 0 bridgehead atoms. The fourth-order valence-electron chi connectivity index (χ4n) is 2.59. The Balaban J connectivity index is 2.39. The summed E-state index contributed by atoms with van der Waals surface area (Å²) in [6.45, 7) is 4.19. The molecule has 0 saturated heterocycles. The van der Waals surface area contributed by atoms with E-state index in [4.69, 9.17) is 5.73 Å². The van der Waals surface area contributed by atoms with Gasteiger partial charge in [0.1, 0.15) is 0 Å². The van der Waals surface area contributed by atoms with Crippen LogP contribution in [0.3, 0.4) is 0 Å². The predicted octanol–water partition coefficient (Wildman–Crippen LogP) is 3.70. The van der Waals surface area contributed by atoms with Crippen molar-refractivity contribution in [2.75, 3.05) is 5.73 Å². The molecule has 0 saturated carbocycles. The standard InChI is InChI=1S/C17H16IN3O/c1-10(2)12-5-3-4-6-15(12)21-16(22)13-9-11(18)7-8-14(13)20-17(21)19/h3-10H,1-2H3,(H2,19,20). The Labute approximate surface area is 142 Å². The first-order chi connectivity index (χ1) is 10.5. The molecule has 0 spiro atoms. The van der Waals surface area contributed by atoms with Gasteiger partial charge in [-0.15, -0.1) is 0 Å². The van der Waals surface area contributed by atoms with Crippen LogP contribution in [-0.2, 0) is 0 Å². The maximum atomic E-state index is 12.9. The molecule has 2 aromatic carbocycles. The molecule has 0 atom stereocenters. The zero-order chi connectivity index (χ0) is 15.9. The van der Waals surface area contributed by atoms with Crippen LogP contribution in [0.2, 0.25) is 0 Å². The lowest BCUT2D eigenvalue weighted by molar-refractivity contribution is 0.839. The summed E-state index contributed by atoms with van der Waals surface area (Å²) in [5.74, 6) is 0.501. The molecule has 0 aliphatic heterocycles. The molecule has 0 aliphatic carbocycles. The largest absolute Gasteiger partial charge is 0.369 e.